The SMILES string of the molecule is C=COCc1ccc(-c2ccc(CS)cc2)cc1. The summed E-state index contributed by atoms with van der Waals surface area (Å²) in [6.45, 7) is 4.10. The van der Waals surface area contributed by atoms with Crippen molar-refractivity contribution in [1.29, 1.82) is 0 Å². The van der Waals surface area contributed by atoms with E-state index < -0.39 is 0 Å². The first-order valence-corrected chi connectivity index (χ1v) is 6.48. The fraction of sp³-hybridized carbons (Fsp3) is 0.125. The van der Waals surface area contributed by atoms with E-state index in [9.17, 15) is 0 Å². The summed E-state index contributed by atoms with van der Waals surface area (Å²) in [5.74, 6) is 0.776. The summed E-state index contributed by atoms with van der Waals surface area (Å²) in [5, 5.41) is 0. The van der Waals surface area contributed by atoms with E-state index in [1.807, 2.05) is 0 Å². The van der Waals surface area contributed by atoms with E-state index in [-0.39, 0.29) is 0 Å². The van der Waals surface area contributed by atoms with Crippen LogP contribution in [0.4, 0.5) is 0 Å². The van der Waals surface area contributed by atoms with Crippen LogP contribution in [0.3, 0.4) is 0 Å². The molecule has 0 aromatic heterocycles. The predicted octanol–water partition coefficient (Wildman–Crippen LogP) is 4.44. The maximum absolute atomic E-state index is 5.15. The van der Waals surface area contributed by atoms with Crippen molar-refractivity contribution in [1.82, 2.24) is 0 Å². The van der Waals surface area contributed by atoms with Crippen molar-refractivity contribution >= 4 is 12.6 Å². The van der Waals surface area contributed by atoms with Crippen LogP contribution >= 0.6 is 12.6 Å². The fourth-order valence-electron chi connectivity index (χ4n) is 1.75. The molecule has 18 heavy (non-hydrogen) atoms. The van der Waals surface area contributed by atoms with Crippen molar-refractivity contribution in [3.63, 3.8) is 0 Å². The van der Waals surface area contributed by atoms with E-state index in [1.165, 1.54) is 23.0 Å². The Balaban J connectivity index is 2.14. The normalized spacial score (nSPS) is 10.1. The molecule has 0 N–H and O–H groups in total. The Morgan fingerprint density at radius 1 is 0.889 bits per heavy atom. The van der Waals surface area contributed by atoms with E-state index >= 15 is 0 Å². The molecule has 0 spiro atoms. The average Bonchev–Trinajstić information content (AvgIpc) is 2.46. The van der Waals surface area contributed by atoms with Crippen molar-refractivity contribution in [3.05, 3.63) is 72.5 Å². The first-order valence-electron chi connectivity index (χ1n) is 5.85. The van der Waals surface area contributed by atoms with Crippen LogP contribution in [0.1, 0.15) is 11.1 Å². The Kier molecular flexibility index (Phi) is 4.48. The van der Waals surface area contributed by atoms with E-state index in [0.717, 1.165) is 11.3 Å². The van der Waals surface area contributed by atoms with E-state index in [2.05, 4.69) is 67.7 Å². The number of thiol groups is 1. The van der Waals surface area contributed by atoms with Gasteiger partial charge in [-0.25, -0.2) is 0 Å². The predicted molar refractivity (Wildman–Crippen MR) is 79.6 cm³/mol. The van der Waals surface area contributed by atoms with Crippen LogP contribution in [0.15, 0.2) is 61.4 Å². The Hall–Kier alpha value is -1.67. The van der Waals surface area contributed by atoms with Gasteiger partial charge in [0.2, 0.25) is 0 Å². The minimum Gasteiger partial charge on any atom is -0.497 e. The lowest BCUT2D eigenvalue weighted by Crippen LogP contribution is -1.86. The summed E-state index contributed by atoms with van der Waals surface area (Å²) in [6, 6.07) is 16.8. The molecular formula is C16H16OS. The second-order valence-electron chi connectivity index (χ2n) is 4.03. The van der Waals surface area contributed by atoms with Gasteiger partial charge in [-0.2, -0.15) is 12.6 Å². The second kappa shape index (κ2) is 6.31. The molecule has 0 aliphatic rings. The highest BCUT2D eigenvalue weighted by atomic mass is 32.1. The number of rotatable bonds is 5. The number of hydrogen-bond acceptors (Lipinski definition) is 2. The standard InChI is InChI=1S/C16H16OS/c1-2-17-11-13-3-7-15(8-4-13)16-9-5-14(12-18)6-10-16/h2-10,18H,1,11-12H2. The molecule has 0 radical (unpaired) electrons. The van der Waals surface area contributed by atoms with Crippen molar-refractivity contribution in [2.75, 3.05) is 0 Å². The molecule has 2 rings (SSSR count). The summed E-state index contributed by atoms with van der Waals surface area (Å²) < 4.78 is 5.15. The molecular weight excluding hydrogens is 240 g/mol. The minimum absolute atomic E-state index is 0.572. The van der Waals surface area contributed by atoms with E-state index in [1.54, 1.807) is 0 Å². The van der Waals surface area contributed by atoms with Gasteiger partial charge in [0.25, 0.3) is 0 Å². The smallest absolute Gasteiger partial charge is 0.112 e. The molecule has 0 saturated heterocycles. The Labute approximate surface area is 114 Å². The fourth-order valence-corrected chi connectivity index (χ4v) is 1.96. The van der Waals surface area contributed by atoms with Crippen LogP contribution < -0.4 is 0 Å². The van der Waals surface area contributed by atoms with Gasteiger partial charge in [0.1, 0.15) is 6.61 Å². The molecule has 2 heteroatoms. The van der Waals surface area contributed by atoms with E-state index in [0.29, 0.717) is 6.61 Å². The molecule has 1 nitrogen and oxygen atoms in total. The lowest BCUT2D eigenvalue weighted by molar-refractivity contribution is 0.238. The van der Waals surface area contributed by atoms with Crippen LogP contribution in [0, 0.1) is 0 Å². The molecule has 0 saturated carbocycles. The number of benzene rings is 2. The topological polar surface area (TPSA) is 9.23 Å². The zero-order valence-electron chi connectivity index (χ0n) is 10.2. The molecule has 0 aliphatic carbocycles. The zero-order valence-corrected chi connectivity index (χ0v) is 11.1. The molecule has 0 aliphatic heterocycles. The highest BCUT2D eigenvalue weighted by Gasteiger charge is 1.98. The van der Waals surface area contributed by atoms with Gasteiger partial charge in [-0.05, 0) is 22.3 Å². The van der Waals surface area contributed by atoms with Gasteiger partial charge in [0, 0.05) is 5.75 Å². The van der Waals surface area contributed by atoms with Gasteiger partial charge >= 0.3 is 0 Å². The molecule has 0 heterocycles. The van der Waals surface area contributed by atoms with Crippen LogP contribution in [0.2, 0.25) is 0 Å². The van der Waals surface area contributed by atoms with Gasteiger partial charge in [-0.1, -0.05) is 55.1 Å². The largest absolute Gasteiger partial charge is 0.497 e. The van der Waals surface area contributed by atoms with Crippen molar-refractivity contribution in [2.24, 2.45) is 0 Å². The lowest BCUT2D eigenvalue weighted by Gasteiger charge is -2.05. The molecule has 0 bridgehead atoms. The Morgan fingerprint density at radius 2 is 1.39 bits per heavy atom. The molecule has 2 aromatic carbocycles. The van der Waals surface area contributed by atoms with Gasteiger partial charge in [0.15, 0.2) is 0 Å². The number of ether oxygens (including phenoxy) is 1. The lowest BCUT2D eigenvalue weighted by atomic mass is 10.0. The maximum Gasteiger partial charge on any atom is 0.112 e. The molecule has 0 amide bonds. The molecule has 92 valence electrons. The third-order valence-electron chi connectivity index (χ3n) is 2.79. The maximum atomic E-state index is 5.15. The highest BCUT2D eigenvalue weighted by molar-refractivity contribution is 7.79. The summed E-state index contributed by atoms with van der Waals surface area (Å²) >= 11 is 4.26. The zero-order chi connectivity index (χ0) is 12.8. The van der Waals surface area contributed by atoms with E-state index in [4.69, 9.17) is 4.74 Å². The highest BCUT2D eigenvalue weighted by Crippen LogP contribution is 2.21. The van der Waals surface area contributed by atoms with Gasteiger partial charge in [-0.15, -0.1) is 0 Å². The van der Waals surface area contributed by atoms with Gasteiger partial charge < -0.3 is 4.74 Å². The molecule has 0 unspecified atom stereocenters. The molecule has 0 atom stereocenters. The van der Waals surface area contributed by atoms with Crippen LogP contribution in [-0.2, 0) is 17.1 Å². The average molecular weight is 256 g/mol. The summed E-state index contributed by atoms with van der Waals surface area (Å²) in [4.78, 5) is 0. The summed E-state index contributed by atoms with van der Waals surface area (Å²) in [7, 11) is 0. The molecule has 0 fully saturated rings. The van der Waals surface area contributed by atoms with Gasteiger partial charge in [0.05, 0.1) is 6.26 Å². The summed E-state index contributed by atoms with van der Waals surface area (Å²) in [6.07, 6.45) is 1.46. The summed E-state index contributed by atoms with van der Waals surface area (Å²) in [5.41, 5.74) is 4.81. The van der Waals surface area contributed by atoms with Gasteiger partial charge in [-0.3, -0.25) is 0 Å². The monoisotopic (exact) mass is 256 g/mol. The van der Waals surface area contributed by atoms with Crippen molar-refractivity contribution in [2.45, 2.75) is 12.4 Å². The molecule has 2 aromatic rings. The minimum atomic E-state index is 0.572. The Bertz CT molecular complexity index is 500. The third-order valence-corrected chi connectivity index (χ3v) is 3.16. The van der Waals surface area contributed by atoms with Crippen molar-refractivity contribution < 1.29 is 4.74 Å². The Morgan fingerprint density at radius 3 is 1.83 bits per heavy atom. The quantitative estimate of drug-likeness (QED) is 0.614. The van der Waals surface area contributed by atoms with Crippen LogP contribution in [0.25, 0.3) is 11.1 Å². The first kappa shape index (κ1) is 12.8. The number of hydrogen-bond donors (Lipinski definition) is 1. The first-order chi connectivity index (χ1) is 8.83. The third kappa shape index (κ3) is 3.17. The van der Waals surface area contributed by atoms with Crippen LogP contribution in [0.5, 0.6) is 0 Å². The van der Waals surface area contributed by atoms with Crippen LogP contribution in [-0.4, -0.2) is 0 Å². The van der Waals surface area contributed by atoms with Crippen molar-refractivity contribution in [3.8, 4) is 11.1 Å². The second-order valence-corrected chi connectivity index (χ2v) is 4.35.